The van der Waals surface area contributed by atoms with Gasteiger partial charge in [0, 0.05) is 4.47 Å². The first-order chi connectivity index (χ1) is 8.91. The minimum absolute atomic E-state index is 0.0849. The lowest BCUT2D eigenvalue weighted by Crippen LogP contribution is -2.09. The average molecular weight is 329 g/mol. The number of halogens is 4. The first-order valence-electron chi connectivity index (χ1n) is 5.36. The molecule has 0 aromatic heterocycles. The van der Waals surface area contributed by atoms with Crippen LogP contribution < -0.4 is 0 Å². The molecule has 0 unspecified atom stereocenters. The standard InChI is InChI=1S/C14H8BrF3O/c1-7-5-12(18)8(6-11(7)17)14(19)13-9(15)3-2-4-10(13)16/h2-6H,1H3. The van der Waals surface area contributed by atoms with Crippen LogP contribution in [0.1, 0.15) is 21.5 Å². The molecule has 0 heterocycles. The highest BCUT2D eigenvalue weighted by Gasteiger charge is 2.21. The van der Waals surface area contributed by atoms with E-state index in [1.54, 1.807) is 0 Å². The van der Waals surface area contributed by atoms with E-state index in [0.29, 0.717) is 0 Å². The summed E-state index contributed by atoms with van der Waals surface area (Å²) in [6.45, 7) is 1.38. The number of carbonyl (C=O) groups is 1. The van der Waals surface area contributed by atoms with Gasteiger partial charge in [0.1, 0.15) is 17.5 Å². The van der Waals surface area contributed by atoms with Crippen LogP contribution in [0, 0.1) is 24.4 Å². The lowest BCUT2D eigenvalue weighted by atomic mass is 10.0. The Balaban J connectivity index is 2.60. The maximum Gasteiger partial charge on any atom is 0.200 e. The minimum Gasteiger partial charge on any atom is -0.288 e. The highest BCUT2D eigenvalue weighted by Crippen LogP contribution is 2.25. The first kappa shape index (κ1) is 13.8. The van der Waals surface area contributed by atoms with Crippen molar-refractivity contribution in [1.29, 1.82) is 0 Å². The summed E-state index contributed by atoms with van der Waals surface area (Å²) >= 11 is 3.03. The number of hydrogen-bond acceptors (Lipinski definition) is 1. The van der Waals surface area contributed by atoms with Crippen molar-refractivity contribution >= 4 is 21.7 Å². The lowest BCUT2D eigenvalue weighted by molar-refractivity contribution is 0.103. The molecular weight excluding hydrogens is 321 g/mol. The summed E-state index contributed by atoms with van der Waals surface area (Å²) in [5.41, 5.74) is -0.722. The third-order valence-electron chi connectivity index (χ3n) is 2.68. The fourth-order valence-electron chi connectivity index (χ4n) is 1.67. The number of benzene rings is 2. The number of rotatable bonds is 2. The lowest BCUT2D eigenvalue weighted by Gasteiger charge is -2.07. The third-order valence-corrected chi connectivity index (χ3v) is 3.34. The molecule has 2 aromatic carbocycles. The number of aryl methyl sites for hydroxylation is 1. The van der Waals surface area contributed by atoms with E-state index in [1.165, 1.54) is 19.1 Å². The van der Waals surface area contributed by atoms with E-state index < -0.39 is 28.8 Å². The second kappa shape index (κ2) is 5.17. The molecule has 19 heavy (non-hydrogen) atoms. The molecule has 0 atom stereocenters. The molecule has 0 aliphatic rings. The largest absolute Gasteiger partial charge is 0.288 e. The Bertz CT molecular complexity index is 648. The van der Waals surface area contributed by atoms with Gasteiger partial charge in [0.25, 0.3) is 0 Å². The van der Waals surface area contributed by atoms with Crippen LogP contribution in [0.25, 0.3) is 0 Å². The zero-order valence-electron chi connectivity index (χ0n) is 9.81. The van der Waals surface area contributed by atoms with Gasteiger partial charge in [0.15, 0.2) is 5.78 Å². The molecule has 2 rings (SSSR count). The van der Waals surface area contributed by atoms with Crippen LogP contribution in [-0.2, 0) is 0 Å². The summed E-state index contributed by atoms with van der Waals surface area (Å²) < 4.78 is 40.9. The Morgan fingerprint density at radius 3 is 2.37 bits per heavy atom. The molecule has 0 amide bonds. The summed E-state index contributed by atoms with van der Waals surface area (Å²) in [6.07, 6.45) is 0. The van der Waals surface area contributed by atoms with Gasteiger partial charge >= 0.3 is 0 Å². The van der Waals surface area contributed by atoms with Gasteiger partial charge in [-0.05, 0) is 52.7 Å². The van der Waals surface area contributed by atoms with Gasteiger partial charge < -0.3 is 0 Å². The molecule has 0 saturated heterocycles. The van der Waals surface area contributed by atoms with E-state index in [2.05, 4.69) is 15.9 Å². The molecule has 0 radical (unpaired) electrons. The summed E-state index contributed by atoms with van der Waals surface area (Å²) in [6, 6.07) is 5.64. The second-order valence-corrected chi connectivity index (χ2v) is 4.86. The Labute approximate surface area is 116 Å². The van der Waals surface area contributed by atoms with Crippen molar-refractivity contribution in [2.24, 2.45) is 0 Å². The highest BCUT2D eigenvalue weighted by molar-refractivity contribution is 9.10. The van der Waals surface area contributed by atoms with Crippen molar-refractivity contribution in [3.8, 4) is 0 Å². The summed E-state index contributed by atoms with van der Waals surface area (Å²) in [7, 11) is 0. The van der Waals surface area contributed by atoms with Crippen LogP contribution in [0.15, 0.2) is 34.8 Å². The molecule has 0 bridgehead atoms. The van der Waals surface area contributed by atoms with Gasteiger partial charge in [0.2, 0.25) is 0 Å². The number of ketones is 1. The predicted octanol–water partition coefficient (Wildman–Crippen LogP) is 4.41. The summed E-state index contributed by atoms with van der Waals surface area (Å²) in [5, 5.41) is 0. The highest BCUT2D eigenvalue weighted by atomic mass is 79.9. The molecule has 0 saturated carbocycles. The van der Waals surface area contributed by atoms with Crippen molar-refractivity contribution < 1.29 is 18.0 Å². The maximum atomic E-state index is 13.7. The molecule has 0 aliphatic carbocycles. The summed E-state index contributed by atoms with van der Waals surface area (Å²) in [5.74, 6) is -3.28. The number of hydrogen-bond donors (Lipinski definition) is 0. The van der Waals surface area contributed by atoms with Crippen LogP contribution in [0.4, 0.5) is 13.2 Å². The van der Waals surface area contributed by atoms with E-state index in [-0.39, 0.29) is 15.6 Å². The van der Waals surface area contributed by atoms with Crippen molar-refractivity contribution in [2.75, 3.05) is 0 Å². The van der Waals surface area contributed by atoms with E-state index in [9.17, 15) is 18.0 Å². The van der Waals surface area contributed by atoms with Crippen molar-refractivity contribution in [3.05, 3.63) is 68.9 Å². The molecular formula is C14H8BrF3O. The quantitative estimate of drug-likeness (QED) is 0.746. The Morgan fingerprint density at radius 1 is 1.05 bits per heavy atom. The van der Waals surface area contributed by atoms with Gasteiger partial charge in [-0.1, -0.05) is 6.07 Å². The normalized spacial score (nSPS) is 10.6. The van der Waals surface area contributed by atoms with Crippen LogP contribution in [0.3, 0.4) is 0 Å². The summed E-state index contributed by atoms with van der Waals surface area (Å²) in [4.78, 5) is 12.1. The molecule has 1 nitrogen and oxygen atoms in total. The van der Waals surface area contributed by atoms with Crippen LogP contribution in [0.5, 0.6) is 0 Å². The Kier molecular flexibility index (Phi) is 3.75. The predicted molar refractivity (Wildman–Crippen MR) is 68.6 cm³/mol. The number of carbonyl (C=O) groups excluding carboxylic acids is 1. The fourth-order valence-corrected chi connectivity index (χ4v) is 2.19. The van der Waals surface area contributed by atoms with Crippen LogP contribution >= 0.6 is 15.9 Å². The molecule has 0 spiro atoms. The topological polar surface area (TPSA) is 17.1 Å². The zero-order valence-corrected chi connectivity index (χ0v) is 11.4. The van der Waals surface area contributed by atoms with E-state index in [4.69, 9.17) is 0 Å². The molecule has 5 heteroatoms. The van der Waals surface area contributed by atoms with Gasteiger partial charge in [-0.2, -0.15) is 0 Å². The maximum absolute atomic E-state index is 13.7. The van der Waals surface area contributed by atoms with Gasteiger partial charge in [-0.25, -0.2) is 13.2 Å². The van der Waals surface area contributed by atoms with E-state index in [1.807, 2.05) is 0 Å². The van der Waals surface area contributed by atoms with Crippen molar-refractivity contribution in [1.82, 2.24) is 0 Å². The SMILES string of the molecule is Cc1cc(F)c(C(=O)c2c(F)cccc2Br)cc1F. The van der Waals surface area contributed by atoms with Gasteiger partial charge in [-0.3, -0.25) is 4.79 Å². The average Bonchev–Trinajstić information content (AvgIpc) is 2.33. The van der Waals surface area contributed by atoms with Crippen LogP contribution in [0.2, 0.25) is 0 Å². The van der Waals surface area contributed by atoms with E-state index in [0.717, 1.165) is 18.2 Å². The zero-order chi connectivity index (χ0) is 14.2. The molecule has 0 aliphatic heterocycles. The second-order valence-electron chi connectivity index (χ2n) is 4.01. The molecule has 0 N–H and O–H groups in total. The molecule has 0 fully saturated rings. The smallest absolute Gasteiger partial charge is 0.200 e. The first-order valence-corrected chi connectivity index (χ1v) is 6.15. The minimum atomic E-state index is -0.902. The van der Waals surface area contributed by atoms with E-state index >= 15 is 0 Å². The Morgan fingerprint density at radius 2 is 1.74 bits per heavy atom. The van der Waals surface area contributed by atoms with Crippen molar-refractivity contribution in [3.63, 3.8) is 0 Å². The van der Waals surface area contributed by atoms with Gasteiger partial charge in [0.05, 0.1) is 11.1 Å². The van der Waals surface area contributed by atoms with Crippen LogP contribution in [-0.4, -0.2) is 5.78 Å². The van der Waals surface area contributed by atoms with Crippen molar-refractivity contribution in [2.45, 2.75) is 6.92 Å². The third kappa shape index (κ3) is 2.56. The monoisotopic (exact) mass is 328 g/mol. The Hall–Kier alpha value is -1.62. The fraction of sp³-hybridized carbons (Fsp3) is 0.0714. The van der Waals surface area contributed by atoms with Gasteiger partial charge in [-0.15, -0.1) is 0 Å². The molecule has 98 valence electrons. The molecule has 2 aromatic rings.